The van der Waals surface area contributed by atoms with Crippen LogP contribution in [-0.2, 0) is 9.59 Å². The number of anilines is 2. The number of benzene rings is 1. The highest BCUT2D eigenvalue weighted by Gasteiger charge is 2.14. The van der Waals surface area contributed by atoms with Crippen molar-refractivity contribution >= 4 is 23.3 Å². The van der Waals surface area contributed by atoms with Crippen molar-refractivity contribution < 1.29 is 14.7 Å². The van der Waals surface area contributed by atoms with Crippen LogP contribution in [0.4, 0.5) is 11.5 Å². The second-order valence-electron chi connectivity index (χ2n) is 4.18. The lowest BCUT2D eigenvalue weighted by atomic mass is 10.3. The van der Waals surface area contributed by atoms with Crippen molar-refractivity contribution in [3.05, 3.63) is 48.2 Å². The Kier molecular flexibility index (Phi) is 3.95. The standard InChI is InChI=1S/C14H13N3O3/c1-9-5-6-15-12(7-9)17-14(20)13(19)16-10-3-2-4-11(18)8-10/h2-8,18H,1H3,(H,16,19)(H,15,17,20). The van der Waals surface area contributed by atoms with Gasteiger partial charge in [0.25, 0.3) is 0 Å². The van der Waals surface area contributed by atoms with Crippen molar-refractivity contribution in [3.8, 4) is 5.75 Å². The molecule has 0 aliphatic heterocycles. The highest BCUT2D eigenvalue weighted by molar-refractivity contribution is 6.43. The van der Waals surface area contributed by atoms with Gasteiger partial charge in [0.05, 0.1) is 0 Å². The van der Waals surface area contributed by atoms with E-state index >= 15 is 0 Å². The molecule has 0 spiro atoms. The molecule has 2 aromatic rings. The fourth-order valence-corrected chi connectivity index (χ4v) is 1.55. The normalized spacial score (nSPS) is 9.85. The first-order chi connectivity index (χ1) is 9.54. The minimum absolute atomic E-state index is 0.00330. The van der Waals surface area contributed by atoms with Crippen LogP contribution < -0.4 is 10.6 Å². The first-order valence-corrected chi connectivity index (χ1v) is 5.88. The van der Waals surface area contributed by atoms with Gasteiger partial charge in [-0.3, -0.25) is 9.59 Å². The fourth-order valence-electron chi connectivity index (χ4n) is 1.55. The zero-order valence-corrected chi connectivity index (χ0v) is 10.8. The largest absolute Gasteiger partial charge is 0.508 e. The Labute approximate surface area is 115 Å². The molecule has 3 N–H and O–H groups in total. The highest BCUT2D eigenvalue weighted by atomic mass is 16.3. The van der Waals surface area contributed by atoms with E-state index in [0.29, 0.717) is 11.5 Å². The topological polar surface area (TPSA) is 91.3 Å². The monoisotopic (exact) mass is 271 g/mol. The lowest BCUT2D eigenvalue weighted by Gasteiger charge is -2.06. The molecule has 6 nitrogen and oxygen atoms in total. The van der Waals surface area contributed by atoms with Crippen molar-refractivity contribution in [2.45, 2.75) is 6.92 Å². The number of pyridine rings is 1. The van der Waals surface area contributed by atoms with E-state index in [0.717, 1.165) is 5.56 Å². The number of phenolic OH excluding ortho intramolecular Hbond substituents is 1. The minimum atomic E-state index is -0.834. The Morgan fingerprint density at radius 3 is 2.55 bits per heavy atom. The zero-order chi connectivity index (χ0) is 14.5. The van der Waals surface area contributed by atoms with Crippen LogP contribution in [-0.4, -0.2) is 21.9 Å². The molecule has 0 saturated carbocycles. The van der Waals surface area contributed by atoms with Crippen LogP contribution in [0, 0.1) is 6.92 Å². The van der Waals surface area contributed by atoms with Crippen LogP contribution in [0.25, 0.3) is 0 Å². The van der Waals surface area contributed by atoms with Gasteiger partial charge in [0.2, 0.25) is 0 Å². The summed E-state index contributed by atoms with van der Waals surface area (Å²) in [6, 6.07) is 9.37. The third-order valence-corrected chi connectivity index (χ3v) is 2.47. The molecule has 1 aromatic carbocycles. The number of nitrogens with one attached hydrogen (secondary N) is 2. The molecule has 0 fully saturated rings. The summed E-state index contributed by atoms with van der Waals surface area (Å²) >= 11 is 0. The summed E-state index contributed by atoms with van der Waals surface area (Å²) in [5.74, 6) is -1.35. The van der Waals surface area contributed by atoms with Gasteiger partial charge in [-0.2, -0.15) is 0 Å². The Morgan fingerprint density at radius 1 is 1.10 bits per heavy atom. The van der Waals surface area contributed by atoms with Gasteiger partial charge in [-0.05, 0) is 36.8 Å². The molecule has 0 radical (unpaired) electrons. The summed E-state index contributed by atoms with van der Waals surface area (Å²) in [7, 11) is 0. The molecule has 1 heterocycles. The summed E-state index contributed by atoms with van der Waals surface area (Å²) in [6.45, 7) is 1.85. The maximum Gasteiger partial charge on any atom is 0.315 e. The van der Waals surface area contributed by atoms with Gasteiger partial charge < -0.3 is 15.7 Å². The van der Waals surface area contributed by atoms with Gasteiger partial charge >= 0.3 is 11.8 Å². The molecule has 0 atom stereocenters. The van der Waals surface area contributed by atoms with E-state index in [2.05, 4.69) is 15.6 Å². The van der Waals surface area contributed by atoms with E-state index in [1.807, 2.05) is 6.92 Å². The molecular formula is C14H13N3O3. The summed E-state index contributed by atoms with van der Waals surface area (Å²) in [5.41, 5.74) is 1.26. The van der Waals surface area contributed by atoms with Crippen molar-refractivity contribution in [3.63, 3.8) is 0 Å². The van der Waals surface area contributed by atoms with Gasteiger partial charge in [-0.1, -0.05) is 6.07 Å². The number of hydrogen-bond acceptors (Lipinski definition) is 4. The Balaban J connectivity index is 2.01. The molecule has 6 heteroatoms. The van der Waals surface area contributed by atoms with E-state index in [4.69, 9.17) is 0 Å². The SMILES string of the molecule is Cc1ccnc(NC(=O)C(=O)Nc2cccc(O)c2)c1. The summed E-state index contributed by atoms with van der Waals surface area (Å²) in [4.78, 5) is 27.3. The van der Waals surface area contributed by atoms with Crippen LogP contribution >= 0.6 is 0 Å². The Morgan fingerprint density at radius 2 is 1.85 bits per heavy atom. The van der Waals surface area contributed by atoms with Gasteiger partial charge in [-0.25, -0.2) is 4.98 Å². The number of amides is 2. The van der Waals surface area contributed by atoms with Gasteiger partial charge in [-0.15, -0.1) is 0 Å². The van der Waals surface area contributed by atoms with E-state index < -0.39 is 11.8 Å². The molecule has 2 amide bonds. The fraction of sp³-hybridized carbons (Fsp3) is 0.0714. The Bertz CT molecular complexity index is 598. The zero-order valence-electron chi connectivity index (χ0n) is 10.8. The maximum absolute atomic E-state index is 11.7. The van der Waals surface area contributed by atoms with E-state index in [1.54, 1.807) is 24.3 Å². The molecule has 0 saturated heterocycles. The van der Waals surface area contributed by atoms with Crippen LogP contribution in [0.3, 0.4) is 0 Å². The molecule has 0 aliphatic carbocycles. The van der Waals surface area contributed by atoms with Crippen molar-refractivity contribution in [1.82, 2.24) is 4.98 Å². The number of aromatic hydroxyl groups is 1. The minimum Gasteiger partial charge on any atom is -0.508 e. The van der Waals surface area contributed by atoms with Gasteiger partial charge in [0.15, 0.2) is 0 Å². The number of aromatic nitrogens is 1. The summed E-state index contributed by atoms with van der Waals surface area (Å²) in [5, 5.41) is 14.0. The average Bonchev–Trinajstić information content (AvgIpc) is 2.38. The lowest BCUT2D eigenvalue weighted by Crippen LogP contribution is -2.29. The molecule has 0 unspecified atom stereocenters. The van der Waals surface area contributed by atoms with Crippen LogP contribution in [0.2, 0.25) is 0 Å². The number of carbonyl (C=O) groups is 2. The summed E-state index contributed by atoms with van der Waals surface area (Å²) in [6.07, 6.45) is 1.54. The van der Waals surface area contributed by atoms with E-state index in [1.165, 1.54) is 18.3 Å². The first-order valence-electron chi connectivity index (χ1n) is 5.88. The number of phenols is 1. The molecule has 0 aliphatic rings. The number of aryl methyl sites for hydroxylation is 1. The number of hydrogen-bond donors (Lipinski definition) is 3. The second kappa shape index (κ2) is 5.83. The lowest BCUT2D eigenvalue weighted by molar-refractivity contribution is -0.133. The van der Waals surface area contributed by atoms with Crippen molar-refractivity contribution in [2.75, 3.05) is 10.6 Å². The van der Waals surface area contributed by atoms with E-state index in [9.17, 15) is 14.7 Å². The Hall–Kier alpha value is -2.89. The average molecular weight is 271 g/mol. The molecule has 0 bridgehead atoms. The predicted molar refractivity (Wildman–Crippen MR) is 74.3 cm³/mol. The smallest absolute Gasteiger partial charge is 0.315 e. The third-order valence-electron chi connectivity index (χ3n) is 2.47. The van der Waals surface area contributed by atoms with Crippen molar-refractivity contribution in [2.24, 2.45) is 0 Å². The first kappa shape index (κ1) is 13.5. The quantitative estimate of drug-likeness (QED) is 0.724. The van der Waals surface area contributed by atoms with Crippen LogP contribution in [0.1, 0.15) is 5.56 Å². The highest BCUT2D eigenvalue weighted by Crippen LogP contribution is 2.15. The van der Waals surface area contributed by atoms with E-state index in [-0.39, 0.29) is 5.75 Å². The predicted octanol–water partition coefficient (Wildman–Crippen LogP) is 1.67. The third kappa shape index (κ3) is 3.55. The number of carbonyl (C=O) groups excluding carboxylic acids is 2. The van der Waals surface area contributed by atoms with Crippen molar-refractivity contribution in [1.29, 1.82) is 0 Å². The summed E-state index contributed by atoms with van der Waals surface area (Å²) < 4.78 is 0. The molecule has 2 rings (SSSR count). The maximum atomic E-state index is 11.7. The van der Waals surface area contributed by atoms with Crippen LogP contribution in [0.5, 0.6) is 5.75 Å². The number of nitrogens with zero attached hydrogens (tertiary/aromatic N) is 1. The van der Waals surface area contributed by atoms with Crippen LogP contribution in [0.15, 0.2) is 42.6 Å². The molecular weight excluding hydrogens is 258 g/mol. The molecule has 20 heavy (non-hydrogen) atoms. The van der Waals surface area contributed by atoms with Gasteiger partial charge in [0.1, 0.15) is 11.6 Å². The number of rotatable bonds is 2. The van der Waals surface area contributed by atoms with Gasteiger partial charge in [0, 0.05) is 18.0 Å². The second-order valence-corrected chi connectivity index (χ2v) is 4.18. The molecule has 102 valence electrons. The molecule has 1 aromatic heterocycles.